The Morgan fingerprint density at radius 2 is 1.85 bits per heavy atom. The van der Waals surface area contributed by atoms with E-state index in [1.807, 2.05) is 60.8 Å². The van der Waals surface area contributed by atoms with Crippen molar-refractivity contribution in [3.63, 3.8) is 0 Å². The summed E-state index contributed by atoms with van der Waals surface area (Å²) in [4.78, 5) is 17.5. The lowest BCUT2D eigenvalue weighted by atomic mass is 10.1. The van der Waals surface area contributed by atoms with Crippen LogP contribution in [-0.2, 0) is 4.74 Å². The molecular formula is C20H23N3O3. The highest BCUT2D eigenvalue weighted by Crippen LogP contribution is 2.25. The van der Waals surface area contributed by atoms with E-state index in [4.69, 9.17) is 9.84 Å². The molecule has 0 fully saturated rings. The number of hydrogen-bond donors (Lipinski definition) is 2. The zero-order chi connectivity index (χ0) is 18.5. The minimum atomic E-state index is -0.203. The number of carbonyl (C=O) groups is 1. The quantitative estimate of drug-likeness (QED) is 0.640. The smallest absolute Gasteiger partial charge is 0.270 e. The van der Waals surface area contributed by atoms with Gasteiger partial charge in [-0.05, 0) is 25.5 Å². The number of aliphatic hydroxyl groups is 1. The molecular weight excluding hydrogens is 330 g/mol. The third kappa shape index (κ3) is 3.92. The van der Waals surface area contributed by atoms with E-state index in [0.29, 0.717) is 24.5 Å². The van der Waals surface area contributed by atoms with Gasteiger partial charge in [-0.2, -0.15) is 0 Å². The molecule has 3 rings (SSSR count). The molecule has 2 heterocycles. The number of rotatable bonds is 7. The first-order valence-corrected chi connectivity index (χ1v) is 8.62. The van der Waals surface area contributed by atoms with Gasteiger partial charge < -0.3 is 15.2 Å². The van der Waals surface area contributed by atoms with E-state index in [0.717, 1.165) is 22.3 Å². The lowest BCUT2D eigenvalue weighted by Gasteiger charge is -2.08. The Kier molecular flexibility index (Phi) is 5.65. The topological polar surface area (TPSA) is 75.9 Å². The number of benzene rings is 1. The van der Waals surface area contributed by atoms with Crippen molar-refractivity contribution in [2.45, 2.75) is 13.8 Å². The molecule has 6 nitrogen and oxygen atoms in total. The van der Waals surface area contributed by atoms with E-state index >= 15 is 0 Å². The second-order valence-electron chi connectivity index (χ2n) is 6.20. The van der Waals surface area contributed by atoms with Crippen molar-refractivity contribution < 1.29 is 14.6 Å². The lowest BCUT2D eigenvalue weighted by Crippen LogP contribution is -2.29. The third-order valence-corrected chi connectivity index (χ3v) is 4.07. The van der Waals surface area contributed by atoms with Gasteiger partial charge in [0.15, 0.2) is 0 Å². The molecule has 136 valence electrons. The third-order valence-electron chi connectivity index (χ3n) is 4.07. The summed E-state index contributed by atoms with van der Waals surface area (Å²) in [5.41, 5.74) is 5.00. The van der Waals surface area contributed by atoms with E-state index in [1.54, 1.807) is 0 Å². The number of amides is 1. The number of aromatic nitrogens is 2. The van der Waals surface area contributed by atoms with Crippen molar-refractivity contribution in [1.29, 1.82) is 0 Å². The fourth-order valence-corrected chi connectivity index (χ4v) is 2.77. The van der Waals surface area contributed by atoms with Crippen LogP contribution >= 0.6 is 0 Å². The fraction of sp³-hybridized carbons (Fsp3) is 0.300. The van der Waals surface area contributed by atoms with Gasteiger partial charge in [-0.25, -0.2) is 4.98 Å². The molecule has 0 bridgehead atoms. The molecule has 3 aromatic rings. The summed E-state index contributed by atoms with van der Waals surface area (Å²) < 4.78 is 7.03. The van der Waals surface area contributed by atoms with Crippen LogP contribution in [0, 0.1) is 13.8 Å². The summed E-state index contributed by atoms with van der Waals surface area (Å²) in [7, 11) is 0. The minimum Gasteiger partial charge on any atom is -0.394 e. The van der Waals surface area contributed by atoms with Crippen LogP contribution < -0.4 is 5.32 Å². The Bertz CT molecular complexity index is 901. The summed E-state index contributed by atoms with van der Waals surface area (Å²) >= 11 is 0. The molecule has 26 heavy (non-hydrogen) atoms. The van der Waals surface area contributed by atoms with Crippen LogP contribution in [0.5, 0.6) is 0 Å². The zero-order valence-corrected chi connectivity index (χ0v) is 15.0. The maximum absolute atomic E-state index is 12.8. The van der Waals surface area contributed by atoms with Crippen LogP contribution in [0.3, 0.4) is 0 Å². The molecule has 0 aliphatic rings. The summed E-state index contributed by atoms with van der Waals surface area (Å²) in [5, 5.41) is 11.6. The SMILES string of the molecule is Cc1ccc(-c2nc3ccc(C)cn3c2C(=O)NCCOCCO)cc1. The van der Waals surface area contributed by atoms with Gasteiger partial charge in [0.2, 0.25) is 0 Å². The predicted octanol–water partition coefficient (Wildman–Crippen LogP) is 2.36. The molecule has 0 saturated carbocycles. The highest BCUT2D eigenvalue weighted by molar-refractivity contribution is 5.99. The fourth-order valence-electron chi connectivity index (χ4n) is 2.77. The van der Waals surface area contributed by atoms with Crippen LogP contribution in [0.25, 0.3) is 16.9 Å². The number of imidazole rings is 1. The average molecular weight is 353 g/mol. The van der Waals surface area contributed by atoms with Crippen LogP contribution in [-0.4, -0.2) is 46.8 Å². The maximum Gasteiger partial charge on any atom is 0.270 e. The molecule has 0 radical (unpaired) electrons. The Morgan fingerprint density at radius 1 is 1.12 bits per heavy atom. The molecule has 1 aromatic carbocycles. The molecule has 0 saturated heterocycles. The van der Waals surface area contributed by atoms with Crippen molar-refractivity contribution in [3.05, 3.63) is 59.4 Å². The standard InChI is InChI=1S/C20H23N3O3/c1-14-3-6-16(7-4-14)18-19(20(25)21-9-11-26-12-10-24)23-13-15(2)5-8-17(23)22-18/h3-8,13,24H,9-12H2,1-2H3,(H,21,25). The molecule has 6 heteroatoms. The first kappa shape index (κ1) is 18.1. The highest BCUT2D eigenvalue weighted by Gasteiger charge is 2.20. The van der Waals surface area contributed by atoms with Gasteiger partial charge in [0, 0.05) is 18.3 Å². The average Bonchev–Trinajstić information content (AvgIpc) is 3.00. The number of pyridine rings is 1. The molecule has 2 aromatic heterocycles. The second-order valence-corrected chi connectivity index (χ2v) is 6.20. The number of nitrogens with one attached hydrogen (secondary N) is 1. The van der Waals surface area contributed by atoms with Gasteiger partial charge in [-0.15, -0.1) is 0 Å². The summed E-state index contributed by atoms with van der Waals surface area (Å²) in [6.07, 6.45) is 1.91. The van der Waals surface area contributed by atoms with Gasteiger partial charge in [0.25, 0.3) is 5.91 Å². The maximum atomic E-state index is 12.8. The van der Waals surface area contributed by atoms with Crippen LogP contribution in [0.1, 0.15) is 21.6 Å². The number of fused-ring (bicyclic) bond motifs is 1. The second kappa shape index (κ2) is 8.12. The Hall–Kier alpha value is -2.70. The van der Waals surface area contributed by atoms with E-state index in [-0.39, 0.29) is 19.1 Å². The number of carbonyl (C=O) groups excluding carboxylic acids is 1. The Labute approximate surface area is 152 Å². The summed E-state index contributed by atoms with van der Waals surface area (Å²) in [5.74, 6) is -0.203. The Morgan fingerprint density at radius 3 is 2.58 bits per heavy atom. The van der Waals surface area contributed by atoms with Crippen molar-refractivity contribution in [2.75, 3.05) is 26.4 Å². The largest absolute Gasteiger partial charge is 0.394 e. The zero-order valence-electron chi connectivity index (χ0n) is 15.0. The monoisotopic (exact) mass is 353 g/mol. The van der Waals surface area contributed by atoms with Crippen molar-refractivity contribution >= 4 is 11.6 Å². The number of aryl methyl sites for hydroxylation is 2. The molecule has 0 unspecified atom stereocenters. The molecule has 0 aliphatic carbocycles. The van der Waals surface area contributed by atoms with Crippen molar-refractivity contribution in [2.24, 2.45) is 0 Å². The molecule has 1 amide bonds. The predicted molar refractivity (Wildman–Crippen MR) is 100 cm³/mol. The van der Waals surface area contributed by atoms with Crippen LogP contribution in [0.2, 0.25) is 0 Å². The number of aliphatic hydroxyl groups excluding tert-OH is 1. The van der Waals surface area contributed by atoms with Gasteiger partial charge in [-0.1, -0.05) is 35.9 Å². The first-order valence-electron chi connectivity index (χ1n) is 8.62. The lowest BCUT2D eigenvalue weighted by molar-refractivity contribution is 0.0835. The summed E-state index contributed by atoms with van der Waals surface area (Å²) in [6, 6.07) is 11.9. The molecule has 0 spiro atoms. The first-order chi connectivity index (χ1) is 12.6. The Balaban J connectivity index is 1.95. The van der Waals surface area contributed by atoms with E-state index < -0.39 is 0 Å². The minimum absolute atomic E-state index is 0.0297. The van der Waals surface area contributed by atoms with Gasteiger partial charge >= 0.3 is 0 Å². The number of nitrogens with zero attached hydrogens (tertiary/aromatic N) is 2. The van der Waals surface area contributed by atoms with Crippen LogP contribution in [0.15, 0.2) is 42.6 Å². The van der Waals surface area contributed by atoms with Gasteiger partial charge in [0.05, 0.1) is 19.8 Å². The van der Waals surface area contributed by atoms with E-state index in [2.05, 4.69) is 10.3 Å². The van der Waals surface area contributed by atoms with Gasteiger partial charge in [-0.3, -0.25) is 9.20 Å². The number of hydrogen-bond acceptors (Lipinski definition) is 4. The normalized spacial score (nSPS) is 11.0. The van der Waals surface area contributed by atoms with Crippen LogP contribution in [0.4, 0.5) is 0 Å². The molecule has 0 aliphatic heterocycles. The highest BCUT2D eigenvalue weighted by atomic mass is 16.5. The van der Waals surface area contributed by atoms with Gasteiger partial charge in [0.1, 0.15) is 17.0 Å². The number of ether oxygens (including phenoxy) is 1. The molecule has 0 atom stereocenters. The van der Waals surface area contributed by atoms with Crippen molar-refractivity contribution in [3.8, 4) is 11.3 Å². The van der Waals surface area contributed by atoms with E-state index in [1.165, 1.54) is 0 Å². The molecule has 2 N–H and O–H groups in total. The van der Waals surface area contributed by atoms with E-state index in [9.17, 15) is 4.79 Å². The van der Waals surface area contributed by atoms with Crippen molar-refractivity contribution in [1.82, 2.24) is 14.7 Å². The summed E-state index contributed by atoms with van der Waals surface area (Å²) in [6.45, 7) is 4.96.